The van der Waals surface area contributed by atoms with E-state index in [1.165, 1.54) is 30.4 Å². The van der Waals surface area contributed by atoms with Crippen LogP contribution >= 0.6 is 0 Å². The molecule has 3 aliphatic carbocycles. The zero-order chi connectivity index (χ0) is 21.5. The molecule has 4 rings (SSSR count). The largest absolute Gasteiger partial charge is 0.423 e. The van der Waals surface area contributed by atoms with Gasteiger partial charge in [-0.2, -0.15) is 0 Å². The lowest BCUT2D eigenvalue weighted by Gasteiger charge is -2.60. The molecule has 3 saturated carbocycles. The van der Waals surface area contributed by atoms with E-state index in [1.807, 2.05) is 13.0 Å². The third-order valence-electron chi connectivity index (χ3n) is 8.97. The molecule has 4 nitrogen and oxygen atoms in total. The Morgan fingerprint density at radius 3 is 2.60 bits per heavy atom. The molecule has 1 aliphatic heterocycles. The fourth-order valence-electron chi connectivity index (χ4n) is 7.02. The summed E-state index contributed by atoms with van der Waals surface area (Å²) in [6, 6.07) is 0. The minimum Gasteiger partial charge on any atom is -0.423 e. The number of cyclic esters (lactones) is 1. The average molecular weight is 415 g/mol. The van der Waals surface area contributed by atoms with Crippen LogP contribution in [0.15, 0.2) is 35.1 Å². The van der Waals surface area contributed by atoms with Crippen LogP contribution in [-0.4, -0.2) is 28.9 Å². The molecule has 2 N–H and O–H groups in total. The monoisotopic (exact) mass is 414 g/mol. The first kappa shape index (κ1) is 21.8. The van der Waals surface area contributed by atoms with E-state index in [9.17, 15) is 15.0 Å². The molecule has 4 aliphatic rings. The summed E-state index contributed by atoms with van der Waals surface area (Å²) in [5.41, 5.74) is 2.90. The van der Waals surface area contributed by atoms with E-state index in [2.05, 4.69) is 13.5 Å². The highest BCUT2D eigenvalue weighted by Gasteiger charge is 2.57. The Balaban J connectivity index is 1.52. The lowest BCUT2D eigenvalue weighted by atomic mass is 9.46. The number of hydrogen-bond acceptors (Lipinski definition) is 4. The zero-order valence-corrected chi connectivity index (χ0v) is 18.7. The molecular formula is C26H38O4. The van der Waals surface area contributed by atoms with Crippen LogP contribution in [0.4, 0.5) is 0 Å². The molecule has 0 amide bonds. The number of carbonyl (C=O) groups is 1. The Kier molecular flexibility index (Phi) is 6.02. The van der Waals surface area contributed by atoms with Crippen LogP contribution in [0.1, 0.15) is 84.5 Å². The lowest BCUT2D eigenvalue weighted by Crippen LogP contribution is -2.57. The van der Waals surface area contributed by atoms with Gasteiger partial charge in [0.1, 0.15) is 5.76 Å². The molecule has 166 valence electrons. The van der Waals surface area contributed by atoms with Gasteiger partial charge in [0, 0.05) is 11.0 Å². The van der Waals surface area contributed by atoms with Crippen molar-refractivity contribution >= 4 is 5.97 Å². The maximum absolute atomic E-state index is 12.5. The Labute approximate surface area is 181 Å². The molecule has 0 aromatic carbocycles. The van der Waals surface area contributed by atoms with E-state index in [4.69, 9.17) is 4.74 Å². The number of aliphatic hydroxyl groups is 2. The first-order chi connectivity index (χ1) is 14.3. The van der Waals surface area contributed by atoms with Gasteiger partial charge in [-0.25, -0.2) is 4.79 Å². The van der Waals surface area contributed by atoms with Gasteiger partial charge in [-0.1, -0.05) is 32.4 Å². The Hall–Kier alpha value is -1.39. The van der Waals surface area contributed by atoms with E-state index in [1.54, 1.807) is 0 Å². The lowest BCUT2D eigenvalue weighted by molar-refractivity contribution is -0.152. The van der Waals surface area contributed by atoms with Crippen LogP contribution in [0, 0.1) is 22.7 Å². The molecule has 0 radical (unpaired) electrons. The number of hydrogen-bond donors (Lipinski definition) is 2. The summed E-state index contributed by atoms with van der Waals surface area (Å²) in [5, 5.41) is 20.8. The van der Waals surface area contributed by atoms with Crippen molar-refractivity contribution in [1.82, 2.24) is 0 Å². The highest BCUT2D eigenvalue weighted by atomic mass is 16.5. The number of carbonyl (C=O) groups excluding carboxylic acids is 1. The molecule has 30 heavy (non-hydrogen) atoms. The summed E-state index contributed by atoms with van der Waals surface area (Å²) < 4.78 is 5.64. The van der Waals surface area contributed by atoms with Crippen LogP contribution in [0.2, 0.25) is 0 Å². The molecule has 3 fully saturated rings. The van der Waals surface area contributed by atoms with E-state index in [-0.39, 0.29) is 23.9 Å². The van der Waals surface area contributed by atoms with Gasteiger partial charge in [0.15, 0.2) is 0 Å². The fraction of sp³-hybridized carbons (Fsp3) is 0.731. The van der Waals surface area contributed by atoms with Crippen molar-refractivity contribution < 1.29 is 19.7 Å². The first-order valence-corrected chi connectivity index (χ1v) is 11.9. The molecule has 0 spiro atoms. The molecule has 0 unspecified atom stereocenters. The summed E-state index contributed by atoms with van der Waals surface area (Å²) >= 11 is 0. The number of allylic oxidation sites excluding steroid dienone is 3. The van der Waals surface area contributed by atoms with Crippen molar-refractivity contribution in [2.45, 2.75) is 90.6 Å². The number of fused-ring (bicyclic) bond motifs is 1. The second kappa shape index (κ2) is 8.27. The summed E-state index contributed by atoms with van der Waals surface area (Å²) in [4.78, 5) is 12.5. The van der Waals surface area contributed by atoms with Crippen LogP contribution in [0.5, 0.6) is 0 Å². The van der Waals surface area contributed by atoms with Crippen molar-refractivity contribution in [3.63, 3.8) is 0 Å². The van der Waals surface area contributed by atoms with E-state index in [0.717, 1.165) is 56.3 Å². The van der Waals surface area contributed by atoms with Crippen molar-refractivity contribution in [1.29, 1.82) is 0 Å². The first-order valence-electron chi connectivity index (χ1n) is 11.9. The van der Waals surface area contributed by atoms with Crippen molar-refractivity contribution in [2.75, 3.05) is 6.61 Å². The Morgan fingerprint density at radius 1 is 1.17 bits per heavy atom. The summed E-state index contributed by atoms with van der Waals surface area (Å²) in [6.07, 6.45) is 12.5. The van der Waals surface area contributed by atoms with Gasteiger partial charge in [-0.15, -0.1) is 0 Å². The van der Waals surface area contributed by atoms with Crippen molar-refractivity contribution in [3.8, 4) is 0 Å². The van der Waals surface area contributed by atoms with Gasteiger partial charge in [0.25, 0.3) is 0 Å². The normalized spacial score (nSPS) is 39.6. The second-order valence-electron chi connectivity index (χ2n) is 10.7. The highest BCUT2D eigenvalue weighted by molar-refractivity contribution is 5.92. The topological polar surface area (TPSA) is 66.8 Å². The number of ether oxygens (including phenoxy) is 1. The Bertz CT molecular complexity index is 770. The standard InChI is InChI=1S/C26H38O4/c1-17-9-12-22-25(2,14-13-23(28)26(22,3)16-27)20(17)11-10-19-15-21(30-24(19)29)18-7-5-4-6-8-18/h15,20,22-23,27-28H,1,4-14,16H2,2-3H3/t20-,22+,23-,25+,26+/m1/s1. The SMILES string of the molecule is C=C1CC[C@@H]2[C@](C)(CO)[C@H](O)CC[C@@]2(C)[C@@H]1CCC1=CC(=C2CCCCC2)OC1=O. The van der Waals surface area contributed by atoms with Crippen LogP contribution < -0.4 is 0 Å². The smallest absolute Gasteiger partial charge is 0.339 e. The molecule has 0 bridgehead atoms. The molecule has 0 aromatic heterocycles. The highest BCUT2D eigenvalue weighted by Crippen LogP contribution is 2.61. The van der Waals surface area contributed by atoms with Gasteiger partial charge < -0.3 is 14.9 Å². The summed E-state index contributed by atoms with van der Waals surface area (Å²) in [7, 11) is 0. The fourth-order valence-corrected chi connectivity index (χ4v) is 7.02. The number of aliphatic hydroxyl groups excluding tert-OH is 2. The van der Waals surface area contributed by atoms with Crippen molar-refractivity contribution in [3.05, 3.63) is 35.1 Å². The zero-order valence-electron chi connectivity index (χ0n) is 18.7. The number of rotatable bonds is 4. The van der Waals surface area contributed by atoms with Gasteiger partial charge in [0.05, 0.1) is 12.7 Å². The average Bonchev–Trinajstić information content (AvgIpc) is 3.12. The molecule has 0 aromatic rings. The molecule has 1 heterocycles. The maximum atomic E-state index is 12.5. The predicted molar refractivity (Wildman–Crippen MR) is 117 cm³/mol. The minimum atomic E-state index is -0.462. The Morgan fingerprint density at radius 2 is 1.90 bits per heavy atom. The summed E-state index contributed by atoms with van der Waals surface area (Å²) in [5.74, 6) is 1.20. The third-order valence-corrected chi connectivity index (χ3v) is 8.97. The quantitative estimate of drug-likeness (QED) is 0.489. The minimum absolute atomic E-state index is 0.000222. The molecule has 4 heteroatoms. The van der Waals surface area contributed by atoms with Crippen LogP contribution in [0.25, 0.3) is 0 Å². The summed E-state index contributed by atoms with van der Waals surface area (Å²) in [6.45, 7) is 8.79. The van der Waals surface area contributed by atoms with Crippen LogP contribution in [0.3, 0.4) is 0 Å². The van der Waals surface area contributed by atoms with Gasteiger partial charge in [-0.3, -0.25) is 0 Å². The third kappa shape index (κ3) is 3.60. The van der Waals surface area contributed by atoms with Crippen LogP contribution in [-0.2, 0) is 9.53 Å². The van der Waals surface area contributed by atoms with E-state index in [0.29, 0.717) is 12.3 Å². The maximum Gasteiger partial charge on any atom is 0.339 e. The number of esters is 1. The van der Waals surface area contributed by atoms with Gasteiger partial charge >= 0.3 is 5.97 Å². The van der Waals surface area contributed by atoms with E-state index >= 15 is 0 Å². The second-order valence-corrected chi connectivity index (χ2v) is 10.7. The van der Waals surface area contributed by atoms with Crippen molar-refractivity contribution in [2.24, 2.45) is 22.7 Å². The molecular weight excluding hydrogens is 376 g/mol. The van der Waals surface area contributed by atoms with Gasteiger partial charge in [-0.05, 0) is 93.1 Å². The molecule has 0 saturated heterocycles. The predicted octanol–water partition coefficient (Wildman–Crippen LogP) is 5.21. The molecule has 5 atom stereocenters. The van der Waals surface area contributed by atoms with E-state index < -0.39 is 11.5 Å². The van der Waals surface area contributed by atoms with Gasteiger partial charge in [0.2, 0.25) is 0 Å².